The molecule has 0 spiro atoms. The molecule has 0 aliphatic heterocycles. The number of aryl methyl sites for hydroxylation is 1. The Morgan fingerprint density at radius 1 is 1.16 bits per heavy atom. The molecule has 3 heteroatoms. The lowest BCUT2D eigenvalue weighted by Gasteiger charge is -2.03. The lowest BCUT2D eigenvalue weighted by atomic mass is 10.1. The van der Waals surface area contributed by atoms with E-state index in [4.69, 9.17) is 4.74 Å². The maximum Gasteiger partial charge on any atom is 0.338 e. The van der Waals surface area contributed by atoms with Crippen LogP contribution >= 0.6 is 0 Å². The summed E-state index contributed by atoms with van der Waals surface area (Å²) in [5.41, 5.74) is 3.27. The predicted octanol–water partition coefficient (Wildman–Crippen LogP) is 3.53. The van der Waals surface area contributed by atoms with Crippen LogP contribution in [0.25, 0.3) is 0 Å². The van der Waals surface area contributed by atoms with E-state index in [0.717, 1.165) is 16.8 Å². The fourth-order valence-corrected chi connectivity index (χ4v) is 1.76. The molecule has 0 unspecified atom stereocenters. The second-order valence-corrected chi connectivity index (χ2v) is 4.18. The maximum atomic E-state index is 11.6. The molecule has 0 N–H and O–H groups in total. The van der Waals surface area contributed by atoms with Crippen LogP contribution in [0.2, 0.25) is 0 Å². The third kappa shape index (κ3) is 3.28. The molecule has 96 valence electrons. The van der Waals surface area contributed by atoms with Crippen molar-refractivity contribution in [2.24, 2.45) is 4.99 Å². The zero-order valence-electron chi connectivity index (χ0n) is 11.0. The van der Waals surface area contributed by atoms with Crippen LogP contribution in [-0.2, 0) is 4.74 Å². The zero-order chi connectivity index (χ0) is 13.7. The van der Waals surface area contributed by atoms with Crippen molar-refractivity contribution in [3.8, 4) is 0 Å². The first-order valence-electron chi connectivity index (χ1n) is 5.99. The van der Waals surface area contributed by atoms with Crippen molar-refractivity contribution in [3.63, 3.8) is 0 Å². The van der Waals surface area contributed by atoms with Crippen LogP contribution in [0.1, 0.15) is 21.5 Å². The largest absolute Gasteiger partial charge is 0.465 e. The van der Waals surface area contributed by atoms with Gasteiger partial charge in [0.2, 0.25) is 0 Å². The van der Waals surface area contributed by atoms with Gasteiger partial charge in [-0.05, 0) is 30.7 Å². The Bertz CT molecular complexity index is 618. The molecule has 0 heterocycles. The topological polar surface area (TPSA) is 38.7 Å². The Kier molecular flexibility index (Phi) is 4.08. The van der Waals surface area contributed by atoms with Crippen LogP contribution in [-0.4, -0.2) is 19.3 Å². The molecule has 2 rings (SSSR count). The van der Waals surface area contributed by atoms with Crippen molar-refractivity contribution in [2.75, 3.05) is 7.11 Å². The van der Waals surface area contributed by atoms with Gasteiger partial charge in [-0.2, -0.15) is 0 Å². The van der Waals surface area contributed by atoms with Gasteiger partial charge in [-0.3, -0.25) is 4.99 Å². The molecule has 0 aliphatic rings. The lowest BCUT2D eigenvalue weighted by molar-refractivity contribution is 0.0600. The van der Waals surface area contributed by atoms with E-state index in [9.17, 15) is 4.79 Å². The van der Waals surface area contributed by atoms with E-state index in [2.05, 4.69) is 4.99 Å². The van der Waals surface area contributed by atoms with E-state index in [-0.39, 0.29) is 5.97 Å². The molecule has 19 heavy (non-hydrogen) atoms. The van der Waals surface area contributed by atoms with Crippen LogP contribution in [0.15, 0.2) is 53.5 Å². The smallest absolute Gasteiger partial charge is 0.338 e. The number of ether oxygens (including phenoxy) is 1. The molecule has 0 fully saturated rings. The minimum atomic E-state index is -0.355. The third-order valence-electron chi connectivity index (χ3n) is 2.72. The van der Waals surface area contributed by atoms with Crippen molar-refractivity contribution in [1.82, 2.24) is 0 Å². The summed E-state index contributed by atoms with van der Waals surface area (Å²) in [6, 6.07) is 15.1. The SMILES string of the molecule is COC(=O)c1ccccc1/C=N\c1cccc(C)c1. The summed E-state index contributed by atoms with van der Waals surface area (Å²) in [4.78, 5) is 16.0. The number of benzene rings is 2. The molecule has 0 saturated carbocycles. The molecule has 0 atom stereocenters. The molecular weight excluding hydrogens is 238 g/mol. The quantitative estimate of drug-likeness (QED) is 0.620. The number of rotatable bonds is 3. The molecule has 0 saturated heterocycles. The van der Waals surface area contributed by atoms with Gasteiger partial charge in [0.05, 0.1) is 18.4 Å². The fourth-order valence-electron chi connectivity index (χ4n) is 1.76. The summed E-state index contributed by atoms with van der Waals surface area (Å²) < 4.78 is 4.75. The zero-order valence-corrected chi connectivity index (χ0v) is 11.0. The summed E-state index contributed by atoms with van der Waals surface area (Å²) in [5.74, 6) is -0.355. The van der Waals surface area contributed by atoms with Crippen molar-refractivity contribution >= 4 is 17.9 Å². The van der Waals surface area contributed by atoms with Gasteiger partial charge in [-0.25, -0.2) is 4.79 Å². The van der Waals surface area contributed by atoms with Crippen molar-refractivity contribution < 1.29 is 9.53 Å². The number of methoxy groups -OCH3 is 1. The van der Waals surface area contributed by atoms with Crippen molar-refractivity contribution in [1.29, 1.82) is 0 Å². The monoisotopic (exact) mass is 253 g/mol. The van der Waals surface area contributed by atoms with Gasteiger partial charge >= 0.3 is 5.97 Å². The van der Waals surface area contributed by atoms with Gasteiger partial charge in [0.1, 0.15) is 0 Å². The normalized spacial score (nSPS) is 10.6. The van der Waals surface area contributed by atoms with E-state index in [1.165, 1.54) is 7.11 Å². The molecule has 0 aromatic heterocycles. The minimum Gasteiger partial charge on any atom is -0.465 e. The number of hydrogen-bond acceptors (Lipinski definition) is 3. The number of carbonyl (C=O) groups is 1. The third-order valence-corrected chi connectivity index (χ3v) is 2.72. The highest BCUT2D eigenvalue weighted by molar-refractivity contribution is 5.99. The number of hydrogen-bond donors (Lipinski definition) is 0. The Balaban J connectivity index is 2.31. The fraction of sp³-hybridized carbons (Fsp3) is 0.125. The summed E-state index contributed by atoms with van der Waals surface area (Å²) in [7, 11) is 1.37. The van der Waals surface area contributed by atoms with E-state index in [1.54, 1.807) is 18.3 Å². The number of aliphatic imine (C=N–C) groups is 1. The second kappa shape index (κ2) is 5.96. The first kappa shape index (κ1) is 13.0. The van der Waals surface area contributed by atoms with Crippen LogP contribution in [0.4, 0.5) is 5.69 Å². The summed E-state index contributed by atoms with van der Waals surface area (Å²) in [6.45, 7) is 2.02. The highest BCUT2D eigenvalue weighted by Gasteiger charge is 2.08. The van der Waals surface area contributed by atoms with Gasteiger partial charge in [-0.1, -0.05) is 30.3 Å². The van der Waals surface area contributed by atoms with E-state index in [0.29, 0.717) is 5.56 Å². The molecule has 2 aromatic rings. The van der Waals surface area contributed by atoms with E-state index in [1.807, 2.05) is 43.3 Å². The highest BCUT2D eigenvalue weighted by Crippen LogP contribution is 2.14. The predicted molar refractivity (Wildman–Crippen MR) is 76.2 cm³/mol. The highest BCUT2D eigenvalue weighted by atomic mass is 16.5. The second-order valence-electron chi connectivity index (χ2n) is 4.18. The Morgan fingerprint density at radius 2 is 1.95 bits per heavy atom. The maximum absolute atomic E-state index is 11.6. The van der Waals surface area contributed by atoms with Crippen LogP contribution < -0.4 is 0 Å². The van der Waals surface area contributed by atoms with Crippen LogP contribution in [0.5, 0.6) is 0 Å². The first-order chi connectivity index (χ1) is 9.20. The van der Waals surface area contributed by atoms with Gasteiger partial charge in [0.25, 0.3) is 0 Å². The first-order valence-corrected chi connectivity index (χ1v) is 5.99. The van der Waals surface area contributed by atoms with Crippen LogP contribution in [0, 0.1) is 6.92 Å². The lowest BCUT2D eigenvalue weighted by Crippen LogP contribution is -2.04. The molecule has 0 amide bonds. The van der Waals surface area contributed by atoms with Gasteiger partial charge in [-0.15, -0.1) is 0 Å². The average Bonchev–Trinajstić information content (AvgIpc) is 2.45. The minimum absolute atomic E-state index is 0.355. The summed E-state index contributed by atoms with van der Waals surface area (Å²) in [5, 5.41) is 0. The summed E-state index contributed by atoms with van der Waals surface area (Å²) >= 11 is 0. The molecule has 0 aliphatic carbocycles. The van der Waals surface area contributed by atoms with Gasteiger partial charge < -0.3 is 4.74 Å². The van der Waals surface area contributed by atoms with E-state index < -0.39 is 0 Å². The van der Waals surface area contributed by atoms with Gasteiger partial charge in [0, 0.05) is 11.8 Å². The molecule has 2 aromatic carbocycles. The molecule has 0 radical (unpaired) electrons. The van der Waals surface area contributed by atoms with Crippen LogP contribution in [0.3, 0.4) is 0 Å². The van der Waals surface area contributed by atoms with E-state index >= 15 is 0 Å². The Labute approximate surface area is 112 Å². The average molecular weight is 253 g/mol. The number of nitrogens with zero attached hydrogens (tertiary/aromatic N) is 1. The van der Waals surface area contributed by atoms with Crippen molar-refractivity contribution in [2.45, 2.75) is 6.92 Å². The van der Waals surface area contributed by atoms with Gasteiger partial charge in [0.15, 0.2) is 0 Å². The number of carbonyl (C=O) groups excluding carboxylic acids is 1. The Morgan fingerprint density at radius 3 is 2.68 bits per heavy atom. The standard InChI is InChI=1S/C16H15NO2/c1-12-6-5-8-14(10-12)17-11-13-7-3-4-9-15(13)16(18)19-2/h3-11H,1-2H3/b17-11-. The summed E-state index contributed by atoms with van der Waals surface area (Å²) in [6.07, 6.45) is 1.68. The Hall–Kier alpha value is -2.42. The van der Waals surface area contributed by atoms with Crippen molar-refractivity contribution in [3.05, 3.63) is 65.2 Å². The molecule has 3 nitrogen and oxygen atoms in total. The molecule has 0 bridgehead atoms. The number of esters is 1. The molecular formula is C16H15NO2.